The second kappa shape index (κ2) is 12.8. The fraction of sp³-hybridized carbons (Fsp3) is 0.576. The van der Waals surface area contributed by atoms with Gasteiger partial charge in [0.2, 0.25) is 5.91 Å². The van der Waals surface area contributed by atoms with Crippen molar-refractivity contribution in [3.8, 4) is 11.1 Å². The first-order valence-electron chi connectivity index (χ1n) is 14.4. The quantitative estimate of drug-likeness (QED) is 0.320. The van der Waals surface area contributed by atoms with Crippen LogP contribution in [0.1, 0.15) is 86.6 Å². The Kier molecular flexibility index (Phi) is 10.2. The number of alkyl carbamates (subject to hydrolysis) is 1. The maximum absolute atomic E-state index is 14.2. The highest BCUT2D eigenvalue weighted by Crippen LogP contribution is 2.49. The number of carbonyl (C=O) groups excluding carboxylic acids is 2. The zero-order valence-corrected chi connectivity index (χ0v) is 26.0. The van der Waals surface area contributed by atoms with Crippen LogP contribution in [0.4, 0.5) is 4.79 Å². The fourth-order valence-electron chi connectivity index (χ4n) is 5.23. The van der Waals surface area contributed by atoms with Gasteiger partial charge >= 0.3 is 6.09 Å². The minimum Gasteiger partial charge on any atom is -0.444 e. The first kappa shape index (κ1) is 31.1. The molecule has 214 valence electrons. The zero-order valence-electron chi connectivity index (χ0n) is 25.2. The molecule has 1 unspecified atom stereocenters. The Morgan fingerprint density at radius 3 is 2.15 bits per heavy atom. The first-order valence-corrected chi connectivity index (χ1v) is 15.4. The monoisotopic (exact) mass is 552 g/mol. The maximum Gasteiger partial charge on any atom is 0.408 e. The average molecular weight is 553 g/mol. The fourth-order valence-corrected chi connectivity index (χ4v) is 6.90. The van der Waals surface area contributed by atoms with E-state index in [0.717, 1.165) is 31.4 Å². The molecule has 0 aromatic heterocycles. The topological polar surface area (TPSA) is 58.6 Å². The van der Waals surface area contributed by atoms with E-state index in [4.69, 9.17) is 4.74 Å². The number of carbonyl (C=O) groups is 2. The van der Waals surface area contributed by atoms with Gasteiger partial charge in [0, 0.05) is 12.6 Å². The van der Waals surface area contributed by atoms with Crippen LogP contribution in [0.15, 0.2) is 54.6 Å². The van der Waals surface area contributed by atoms with E-state index in [2.05, 4.69) is 67.7 Å². The van der Waals surface area contributed by atoms with E-state index >= 15 is 0 Å². The summed E-state index contributed by atoms with van der Waals surface area (Å²) < 4.78 is 5.34. The summed E-state index contributed by atoms with van der Waals surface area (Å²) in [6, 6.07) is 18.8. The number of unbranched alkanes of at least 4 members (excludes halogenated alkanes) is 1. The predicted octanol–water partition coefficient (Wildman–Crippen LogP) is 8.03. The van der Waals surface area contributed by atoms with Crippen molar-refractivity contribution in [1.29, 1.82) is 0 Å². The molecule has 6 heteroatoms. The number of amides is 2. The second-order valence-electron chi connectivity index (χ2n) is 12.8. The van der Waals surface area contributed by atoms with Crippen LogP contribution in [-0.2, 0) is 14.3 Å². The first-order chi connectivity index (χ1) is 18.3. The highest BCUT2D eigenvalue weighted by Gasteiger charge is 2.49. The van der Waals surface area contributed by atoms with Gasteiger partial charge in [-0.3, -0.25) is 4.79 Å². The molecule has 1 saturated heterocycles. The third-order valence-corrected chi connectivity index (χ3v) is 8.93. The Morgan fingerprint density at radius 2 is 1.62 bits per heavy atom. The van der Waals surface area contributed by atoms with E-state index in [1.165, 1.54) is 16.7 Å². The van der Waals surface area contributed by atoms with Crippen LogP contribution < -0.4 is 5.32 Å². The second-order valence-corrected chi connectivity index (χ2v) is 14.3. The predicted molar refractivity (Wildman–Crippen MR) is 164 cm³/mol. The maximum atomic E-state index is 14.2. The van der Waals surface area contributed by atoms with Crippen LogP contribution in [0.2, 0.25) is 0 Å². The van der Waals surface area contributed by atoms with Crippen LogP contribution in [0.25, 0.3) is 11.1 Å². The minimum absolute atomic E-state index is 0.0286. The average Bonchev–Trinajstić information content (AvgIpc) is 3.26. The molecule has 0 spiro atoms. The summed E-state index contributed by atoms with van der Waals surface area (Å²) in [6.07, 6.45) is 3.50. The Morgan fingerprint density at radius 1 is 1.00 bits per heavy atom. The van der Waals surface area contributed by atoms with Crippen LogP contribution in [0, 0.1) is 5.41 Å². The standard InChI is InChI=1S/C33H48N2O3S/c1-9-11-21-39-33(26-19-17-25(18-20-26)24-15-13-12-14-16-24)22-27(10-2)35(23-33)29(36)28(31(3,4)5)34-30(37)38-32(6,7)8/h12-20,27-28H,9-11,21-23H2,1-8H3,(H,34,37)/t27?,28-,33+/m1/s1. The molecule has 39 heavy (non-hydrogen) atoms. The highest BCUT2D eigenvalue weighted by atomic mass is 32.2. The Labute approximate surface area is 240 Å². The molecule has 2 amide bonds. The molecule has 1 N–H and O–H groups in total. The number of thioether (sulfide) groups is 1. The summed E-state index contributed by atoms with van der Waals surface area (Å²) >= 11 is 1.99. The van der Waals surface area contributed by atoms with Gasteiger partial charge in [0.1, 0.15) is 11.6 Å². The molecule has 3 atom stereocenters. The minimum atomic E-state index is -0.682. The third kappa shape index (κ3) is 8.03. The molecule has 1 aliphatic rings. The molecule has 0 aliphatic carbocycles. The summed E-state index contributed by atoms with van der Waals surface area (Å²) in [5.74, 6) is 1.02. The largest absolute Gasteiger partial charge is 0.444 e. The van der Waals surface area contributed by atoms with Gasteiger partial charge in [0.15, 0.2) is 0 Å². The van der Waals surface area contributed by atoms with Crippen LogP contribution >= 0.6 is 11.8 Å². The van der Waals surface area contributed by atoms with Crippen molar-refractivity contribution < 1.29 is 14.3 Å². The van der Waals surface area contributed by atoms with Crippen molar-refractivity contribution >= 4 is 23.8 Å². The lowest BCUT2D eigenvalue weighted by Gasteiger charge is -2.36. The molecule has 1 fully saturated rings. The molecule has 2 aromatic rings. The van der Waals surface area contributed by atoms with Gasteiger partial charge in [-0.1, -0.05) is 95.6 Å². The molecule has 1 heterocycles. The smallest absolute Gasteiger partial charge is 0.408 e. The van der Waals surface area contributed by atoms with Gasteiger partial charge in [-0.05, 0) is 67.9 Å². The Balaban J connectivity index is 1.93. The number of rotatable bonds is 9. The number of nitrogens with one attached hydrogen (secondary N) is 1. The summed E-state index contributed by atoms with van der Waals surface area (Å²) in [6.45, 7) is 16.5. The summed E-state index contributed by atoms with van der Waals surface area (Å²) in [5, 5.41) is 2.92. The number of likely N-dealkylation sites (tertiary alicyclic amines) is 1. The zero-order chi connectivity index (χ0) is 28.8. The third-order valence-electron chi connectivity index (χ3n) is 7.35. The van der Waals surface area contributed by atoms with Gasteiger partial charge in [0.25, 0.3) is 0 Å². The molecule has 1 aliphatic heterocycles. The summed E-state index contributed by atoms with van der Waals surface area (Å²) in [4.78, 5) is 29.0. The number of nitrogens with zero attached hydrogens (tertiary/aromatic N) is 1. The lowest BCUT2D eigenvalue weighted by molar-refractivity contribution is -0.137. The van der Waals surface area contributed by atoms with Crippen molar-refractivity contribution in [3.63, 3.8) is 0 Å². The van der Waals surface area contributed by atoms with Crippen molar-refractivity contribution in [2.45, 2.75) is 104 Å². The van der Waals surface area contributed by atoms with Crippen molar-refractivity contribution in [2.24, 2.45) is 5.41 Å². The van der Waals surface area contributed by atoms with Crippen LogP contribution in [-0.4, -0.2) is 46.9 Å². The normalized spacial score (nSPS) is 20.5. The molecule has 3 rings (SSSR count). The number of hydrogen-bond donors (Lipinski definition) is 1. The lowest BCUT2D eigenvalue weighted by atomic mass is 9.85. The van der Waals surface area contributed by atoms with E-state index in [-0.39, 0.29) is 16.7 Å². The van der Waals surface area contributed by atoms with Crippen molar-refractivity contribution in [3.05, 3.63) is 60.2 Å². The van der Waals surface area contributed by atoms with Gasteiger partial charge in [-0.25, -0.2) is 4.79 Å². The van der Waals surface area contributed by atoms with E-state index in [0.29, 0.717) is 6.54 Å². The summed E-state index contributed by atoms with van der Waals surface area (Å²) in [5.41, 5.74) is 2.56. The van der Waals surface area contributed by atoms with Crippen LogP contribution in [0.3, 0.4) is 0 Å². The molecular weight excluding hydrogens is 504 g/mol. The van der Waals surface area contributed by atoms with Gasteiger partial charge in [0.05, 0.1) is 4.75 Å². The lowest BCUT2D eigenvalue weighted by Crippen LogP contribution is -2.56. The number of ether oxygens (including phenoxy) is 1. The molecule has 2 aromatic carbocycles. The number of benzene rings is 2. The van der Waals surface area contributed by atoms with E-state index in [9.17, 15) is 9.59 Å². The molecule has 0 saturated carbocycles. The Hall–Kier alpha value is -2.47. The summed E-state index contributed by atoms with van der Waals surface area (Å²) in [7, 11) is 0. The molecule has 0 bridgehead atoms. The van der Waals surface area contributed by atoms with Crippen molar-refractivity contribution in [1.82, 2.24) is 10.2 Å². The van der Waals surface area contributed by atoms with E-state index in [1.54, 1.807) is 0 Å². The molecule has 0 radical (unpaired) electrons. The Bertz CT molecular complexity index is 1090. The van der Waals surface area contributed by atoms with Gasteiger partial charge in [-0.15, -0.1) is 11.8 Å². The molecular formula is C33H48N2O3S. The van der Waals surface area contributed by atoms with Gasteiger partial charge in [-0.2, -0.15) is 0 Å². The number of hydrogen-bond acceptors (Lipinski definition) is 4. The van der Waals surface area contributed by atoms with Crippen LogP contribution in [0.5, 0.6) is 0 Å². The van der Waals surface area contributed by atoms with E-state index in [1.807, 2.05) is 64.3 Å². The van der Waals surface area contributed by atoms with Crippen molar-refractivity contribution in [2.75, 3.05) is 12.3 Å². The SMILES string of the molecule is CCCCS[C@@]1(c2ccc(-c3ccccc3)cc2)CC(CC)N(C(=O)[C@@H](NC(=O)OC(C)(C)C)C(C)(C)C)C1. The van der Waals surface area contributed by atoms with Gasteiger partial charge < -0.3 is 15.0 Å². The highest BCUT2D eigenvalue weighted by molar-refractivity contribution is 8.00. The molecule has 5 nitrogen and oxygen atoms in total. The van der Waals surface area contributed by atoms with E-state index < -0.39 is 23.2 Å².